The number of phenolic OH excluding ortho intramolecular Hbond substituents is 1. The monoisotopic (exact) mass is 265 g/mol. The fraction of sp³-hybridized carbons (Fsp3) is 0.118. The van der Waals surface area contributed by atoms with Gasteiger partial charge in [-0.25, -0.2) is 0 Å². The molecule has 0 atom stereocenters. The zero-order valence-corrected chi connectivity index (χ0v) is 11.2. The highest BCUT2D eigenvalue weighted by Crippen LogP contribution is 2.19. The molecule has 3 nitrogen and oxygen atoms in total. The van der Waals surface area contributed by atoms with E-state index in [1.165, 1.54) is 4.90 Å². The standard InChI is InChI=1S/C17H15NO2/c1-2-18(15-9-6-10-16(19)13-15)17(20)12-11-14-7-4-3-5-8-14/h3-10,13,19H,2H2,1H3. The van der Waals surface area contributed by atoms with Gasteiger partial charge in [0.2, 0.25) is 0 Å². The average molecular weight is 265 g/mol. The third-order valence-electron chi connectivity index (χ3n) is 2.79. The van der Waals surface area contributed by atoms with E-state index < -0.39 is 0 Å². The summed E-state index contributed by atoms with van der Waals surface area (Å²) in [4.78, 5) is 13.7. The largest absolute Gasteiger partial charge is 0.508 e. The molecule has 2 aromatic rings. The Bertz CT molecular complexity index is 653. The highest BCUT2D eigenvalue weighted by atomic mass is 16.3. The van der Waals surface area contributed by atoms with Gasteiger partial charge < -0.3 is 10.0 Å². The second-order valence-corrected chi connectivity index (χ2v) is 4.19. The predicted molar refractivity (Wildman–Crippen MR) is 79.5 cm³/mol. The first-order valence-corrected chi connectivity index (χ1v) is 6.38. The maximum absolute atomic E-state index is 12.1. The van der Waals surface area contributed by atoms with E-state index in [4.69, 9.17) is 0 Å². The predicted octanol–water partition coefficient (Wildman–Crippen LogP) is 2.80. The van der Waals surface area contributed by atoms with E-state index in [0.717, 1.165) is 5.56 Å². The van der Waals surface area contributed by atoms with Gasteiger partial charge in [0.05, 0.1) is 0 Å². The average Bonchev–Trinajstić information content (AvgIpc) is 2.47. The van der Waals surface area contributed by atoms with E-state index in [2.05, 4.69) is 11.8 Å². The first-order valence-electron chi connectivity index (χ1n) is 6.38. The van der Waals surface area contributed by atoms with Crippen molar-refractivity contribution in [1.82, 2.24) is 0 Å². The summed E-state index contributed by atoms with van der Waals surface area (Å²) in [5.74, 6) is 5.30. The lowest BCUT2D eigenvalue weighted by Gasteiger charge is -2.18. The Morgan fingerprint density at radius 3 is 2.55 bits per heavy atom. The van der Waals surface area contributed by atoms with Crippen LogP contribution in [0.4, 0.5) is 5.69 Å². The van der Waals surface area contributed by atoms with Crippen molar-refractivity contribution in [1.29, 1.82) is 0 Å². The summed E-state index contributed by atoms with van der Waals surface area (Å²) in [5, 5.41) is 9.47. The molecule has 0 saturated carbocycles. The number of carbonyl (C=O) groups is 1. The molecule has 1 N–H and O–H groups in total. The Morgan fingerprint density at radius 2 is 1.90 bits per heavy atom. The van der Waals surface area contributed by atoms with Crippen LogP contribution in [-0.4, -0.2) is 17.6 Å². The van der Waals surface area contributed by atoms with Gasteiger partial charge in [0, 0.05) is 29.8 Å². The molecular formula is C17H15NO2. The van der Waals surface area contributed by atoms with Crippen molar-refractivity contribution in [2.45, 2.75) is 6.92 Å². The van der Waals surface area contributed by atoms with Crippen LogP contribution in [0, 0.1) is 11.8 Å². The lowest BCUT2D eigenvalue weighted by atomic mass is 10.2. The van der Waals surface area contributed by atoms with Crippen molar-refractivity contribution in [3.05, 3.63) is 60.2 Å². The number of aromatic hydroxyl groups is 1. The van der Waals surface area contributed by atoms with Crippen LogP contribution in [0.5, 0.6) is 5.75 Å². The van der Waals surface area contributed by atoms with E-state index >= 15 is 0 Å². The van der Waals surface area contributed by atoms with Gasteiger partial charge in [-0.2, -0.15) is 0 Å². The highest BCUT2D eigenvalue weighted by molar-refractivity contribution is 6.06. The fourth-order valence-corrected chi connectivity index (χ4v) is 1.82. The minimum Gasteiger partial charge on any atom is -0.508 e. The van der Waals surface area contributed by atoms with Gasteiger partial charge in [0.15, 0.2) is 0 Å². The number of phenols is 1. The Kier molecular flexibility index (Phi) is 4.41. The maximum Gasteiger partial charge on any atom is 0.303 e. The molecule has 2 rings (SSSR count). The molecular weight excluding hydrogens is 250 g/mol. The molecule has 0 aliphatic heterocycles. The van der Waals surface area contributed by atoms with Gasteiger partial charge in [-0.15, -0.1) is 0 Å². The van der Waals surface area contributed by atoms with Crippen molar-refractivity contribution >= 4 is 11.6 Å². The number of rotatable bonds is 2. The van der Waals surface area contributed by atoms with Crippen molar-refractivity contribution in [2.24, 2.45) is 0 Å². The summed E-state index contributed by atoms with van der Waals surface area (Å²) >= 11 is 0. The second kappa shape index (κ2) is 6.44. The van der Waals surface area contributed by atoms with Crippen LogP contribution < -0.4 is 4.90 Å². The summed E-state index contributed by atoms with van der Waals surface area (Å²) in [7, 11) is 0. The van der Waals surface area contributed by atoms with Gasteiger partial charge in [0.1, 0.15) is 5.75 Å². The Balaban J connectivity index is 2.21. The van der Waals surface area contributed by atoms with Crippen LogP contribution in [0.15, 0.2) is 54.6 Å². The van der Waals surface area contributed by atoms with Crippen LogP contribution in [-0.2, 0) is 4.79 Å². The Morgan fingerprint density at radius 1 is 1.15 bits per heavy atom. The molecule has 3 heteroatoms. The number of hydrogen-bond acceptors (Lipinski definition) is 2. The van der Waals surface area contributed by atoms with Gasteiger partial charge in [-0.1, -0.05) is 30.2 Å². The van der Waals surface area contributed by atoms with Crippen molar-refractivity contribution in [3.63, 3.8) is 0 Å². The quantitative estimate of drug-likeness (QED) is 0.848. The minimum atomic E-state index is -0.290. The molecule has 0 spiro atoms. The number of amides is 1. The number of benzene rings is 2. The lowest BCUT2D eigenvalue weighted by Crippen LogP contribution is -2.29. The fourth-order valence-electron chi connectivity index (χ4n) is 1.82. The SMILES string of the molecule is CCN(C(=O)C#Cc1ccccc1)c1cccc(O)c1. The zero-order chi connectivity index (χ0) is 14.4. The van der Waals surface area contributed by atoms with Gasteiger partial charge in [-0.3, -0.25) is 4.79 Å². The lowest BCUT2D eigenvalue weighted by molar-refractivity contribution is -0.113. The first kappa shape index (κ1) is 13.7. The van der Waals surface area contributed by atoms with Crippen LogP contribution in [0.25, 0.3) is 0 Å². The highest BCUT2D eigenvalue weighted by Gasteiger charge is 2.11. The summed E-state index contributed by atoms with van der Waals surface area (Å²) in [5.41, 5.74) is 1.44. The number of anilines is 1. The summed E-state index contributed by atoms with van der Waals surface area (Å²) in [6, 6.07) is 15.9. The molecule has 1 amide bonds. The van der Waals surface area contributed by atoms with E-state index in [1.807, 2.05) is 37.3 Å². The van der Waals surface area contributed by atoms with Gasteiger partial charge >= 0.3 is 5.91 Å². The summed E-state index contributed by atoms with van der Waals surface area (Å²) < 4.78 is 0. The molecule has 100 valence electrons. The smallest absolute Gasteiger partial charge is 0.303 e. The van der Waals surface area contributed by atoms with Crippen LogP contribution in [0.2, 0.25) is 0 Å². The molecule has 2 aromatic carbocycles. The molecule has 0 aliphatic carbocycles. The zero-order valence-electron chi connectivity index (χ0n) is 11.2. The Hall–Kier alpha value is -2.73. The third-order valence-corrected chi connectivity index (χ3v) is 2.79. The number of hydrogen-bond donors (Lipinski definition) is 1. The van der Waals surface area contributed by atoms with E-state index in [1.54, 1.807) is 24.3 Å². The number of carbonyl (C=O) groups excluding carboxylic acids is 1. The summed E-state index contributed by atoms with van der Waals surface area (Å²) in [6.07, 6.45) is 0. The molecule has 20 heavy (non-hydrogen) atoms. The molecule has 0 saturated heterocycles. The van der Waals surface area contributed by atoms with Crippen molar-refractivity contribution < 1.29 is 9.90 Å². The first-order chi connectivity index (χ1) is 9.70. The van der Waals surface area contributed by atoms with Crippen LogP contribution >= 0.6 is 0 Å². The van der Waals surface area contributed by atoms with Gasteiger partial charge in [-0.05, 0) is 31.2 Å². The molecule has 0 aliphatic rings. The summed E-state index contributed by atoms with van der Waals surface area (Å²) in [6.45, 7) is 2.36. The van der Waals surface area contributed by atoms with Gasteiger partial charge in [0.25, 0.3) is 0 Å². The van der Waals surface area contributed by atoms with Crippen molar-refractivity contribution in [2.75, 3.05) is 11.4 Å². The molecule has 0 bridgehead atoms. The molecule has 0 fully saturated rings. The topological polar surface area (TPSA) is 40.5 Å². The maximum atomic E-state index is 12.1. The third kappa shape index (κ3) is 3.39. The molecule has 0 heterocycles. The molecule has 0 unspecified atom stereocenters. The van der Waals surface area contributed by atoms with E-state index in [-0.39, 0.29) is 11.7 Å². The van der Waals surface area contributed by atoms with Crippen molar-refractivity contribution in [3.8, 4) is 17.6 Å². The Labute approximate surface area is 118 Å². The second-order valence-electron chi connectivity index (χ2n) is 4.19. The normalized spacial score (nSPS) is 9.45. The molecule has 0 radical (unpaired) electrons. The van der Waals surface area contributed by atoms with Crippen LogP contribution in [0.3, 0.4) is 0 Å². The molecule has 0 aromatic heterocycles. The number of nitrogens with zero attached hydrogens (tertiary/aromatic N) is 1. The van der Waals surface area contributed by atoms with Crippen LogP contribution in [0.1, 0.15) is 12.5 Å². The van der Waals surface area contributed by atoms with E-state index in [0.29, 0.717) is 12.2 Å². The minimum absolute atomic E-state index is 0.129. The van der Waals surface area contributed by atoms with E-state index in [9.17, 15) is 9.90 Å².